The number of ether oxygens (including phenoxy) is 2. The Hall–Kier alpha value is -3.19. The minimum Gasteiger partial charge on any atom is -0.497 e. The molecule has 0 aliphatic heterocycles. The molecule has 6 nitrogen and oxygen atoms in total. The molecule has 1 N–H and O–H groups in total. The third kappa shape index (κ3) is 4.92. The Morgan fingerprint density at radius 1 is 1.15 bits per heavy atom. The van der Waals surface area contributed by atoms with E-state index in [0.29, 0.717) is 16.9 Å². The van der Waals surface area contributed by atoms with Crippen molar-refractivity contribution >= 4 is 28.9 Å². The van der Waals surface area contributed by atoms with Gasteiger partial charge in [-0.25, -0.2) is 9.78 Å². The van der Waals surface area contributed by atoms with Crippen LogP contribution in [0.15, 0.2) is 53.9 Å². The number of benzene rings is 2. The third-order valence-electron chi connectivity index (χ3n) is 3.64. The quantitative estimate of drug-likeness (QED) is 0.649. The summed E-state index contributed by atoms with van der Waals surface area (Å²) in [6.45, 7) is 1.48. The molecule has 0 spiro atoms. The summed E-state index contributed by atoms with van der Waals surface area (Å²) in [5.74, 6) is 0.0842. The van der Waals surface area contributed by atoms with Crippen LogP contribution in [0, 0.1) is 0 Å². The molecule has 0 atom stereocenters. The fraction of sp³-hybridized carbons (Fsp3) is 0.150. The van der Waals surface area contributed by atoms with Gasteiger partial charge in [0.15, 0.2) is 0 Å². The zero-order valence-electron chi connectivity index (χ0n) is 14.9. The minimum absolute atomic E-state index is 0.0731. The van der Waals surface area contributed by atoms with Crippen LogP contribution >= 0.6 is 11.3 Å². The van der Waals surface area contributed by atoms with E-state index in [4.69, 9.17) is 9.47 Å². The van der Waals surface area contributed by atoms with Crippen molar-refractivity contribution < 1.29 is 19.1 Å². The minimum atomic E-state index is -0.474. The highest BCUT2D eigenvalue weighted by Gasteiger charge is 2.11. The Balaban J connectivity index is 1.64. The van der Waals surface area contributed by atoms with Crippen LogP contribution in [0.2, 0.25) is 0 Å². The monoisotopic (exact) mass is 382 g/mol. The maximum atomic E-state index is 12.2. The number of hydrogen-bond acceptors (Lipinski definition) is 6. The van der Waals surface area contributed by atoms with Crippen LogP contribution in [-0.4, -0.2) is 24.0 Å². The number of carbonyl (C=O) groups excluding carboxylic acids is 2. The van der Waals surface area contributed by atoms with Crippen molar-refractivity contribution in [2.75, 3.05) is 12.4 Å². The predicted octanol–water partition coefficient (Wildman–Crippen LogP) is 4.13. The van der Waals surface area contributed by atoms with Crippen molar-refractivity contribution in [2.45, 2.75) is 13.5 Å². The van der Waals surface area contributed by atoms with Gasteiger partial charge in [-0.1, -0.05) is 18.2 Å². The molecule has 0 radical (unpaired) electrons. The van der Waals surface area contributed by atoms with Crippen LogP contribution < -0.4 is 10.1 Å². The first kappa shape index (κ1) is 18.6. The van der Waals surface area contributed by atoms with E-state index in [-0.39, 0.29) is 12.5 Å². The van der Waals surface area contributed by atoms with Crippen LogP contribution in [0.1, 0.15) is 23.0 Å². The Kier molecular flexibility index (Phi) is 5.83. The molecule has 0 fully saturated rings. The number of aromatic nitrogens is 1. The maximum Gasteiger partial charge on any atom is 0.338 e. The van der Waals surface area contributed by atoms with E-state index in [9.17, 15) is 9.59 Å². The number of anilines is 1. The first-order chi connectivity index (χ1) is 13.0. The van der Waals surface area contributed by atoms with Crippen molar-refractivity contribution in [3.8, 4) is 16.3 Å². The van der Waals surface area contributed by atoms with Gasteiger partial charge in [-0.15, -0.1) is 11.3 Å². The van der Waals surface area contributed by atoms with Crippen molar-refractivity contribution in [2.24, 2.45) is 0 Å². The summed E-state index contributed by atoms with van der Waals surface area (Å²) in [4.78, 5) is 27.9. The number of esters is 1. The molecule has 27 heavy (non-hydrogen) atoms. The van der Waals surface area contributed by atoms with Gasteiger partial charge < -0.3 is 14.8 Å². The van der Waals surface area contributed by atoms with Crippen LogP contribution in [0.5, 0.6) is 5.75 Å². The second-order valence-electron chi connectivity index (χ2n) is 5.71. The summed E-state index contributed by atoms with van der Waals surface area (Å²) in [5, 5.41) is 5.32. The van der Waals surface area contributed by atoms with E-state index in [1.54, 1.807) is 31.4 Å². The molecule has 0 aliphatic rings. The number of hydrogen-bond donors (Lipinski definition) is 1. The van der Waals surface area contributed by atoms with Gasteiger partial charge in [0.1, 0.15) is 17.4 Å². The number of amides is 1. The molecule has 0 bridgehead atoms. The summed E-state index contributed by atoms with van der Waals surface area (Å²) in [7, 11) is 1.62. The average molecular weight is 382 g/mol. The topological polar surface area (TPSA) is 77.5 Å². The summed E-state index contributed by atoms with van der Waals surface area (Å²) in [6.07, 6.45) is 0. The van der Waals surface area contributed by atoms with Gasteiger partial charge in [-0.05, 0) is 30.3 Å². The SMILES string of the molecule is COc1cccc(-c2nc(COC(=O)c3cccc(NC(C)=O)c3)cs2)c1. The van der Waals surface area contributed by atoms with Crippen LogP contribution in [0.3, 0.4) is 0 Å². The Labute approximate surface area is 160 Å². The number of rotatable bonds is 6. The van der Waals surface area contributed by atoms with E-state index in [2.05, 4.69) is 10.3 Å². The highest BCUT2D eigenvalue weighted by atomic mass is 32.1. The molecule has 1 heterocycles. The zero-order chi connectivity index (χ0) is 19.2. The summed E-state index contributed by atoms with van der Waals surface area (Å²) in [6, 6.07) is 14.2. The van der Waals surface area contributed by atoms with Gasteiger partial charge in [0.05, 0.1) is 18.4 Å². The van der Waals surface area contributed by atoms with Gasteiger partial charge in [0.2, 0.25) is 5.91 Å². The molecule has 0 saturated heterocycles. The fourth-order valence-electron chi connectivity index (χ4n) is 2.41. The van der Waals surface area contributed by atoms with Crippen LogP contribution in [-0.2, 0) is 16.1 Å². The number of thiazole rings is 1. The van der Waals surface area contributed by atoms with Gasteiger partial charge in [0, 0.05) is 23.6 Å². The van der Waals surface area contributed by atoms with E-state index in [0.717, 1.165) is 16.3 Å². The Morgan fingerprint density at radius 3 is 2.74 bits per heavy atom. The molecule has 0 unspecified atom stereocenters. The highest BCUT2D eigenvalue weighted by molar-refractivity contribution is 7.13. The molecule has 1 aromatic heterocycles. The van der Waals surface area contributed by atoms with E-state index >= 15 is 0 Å². The highest BCUT2D eigenvalue weighted by Crippen LogP contribution is 2.27. The lowest BCUT2D eigenvalue weighted by Crippen LogP contribution is -2.09. The first-order valence-electron chi connectivity index (χ1n) is 8.19. The molecule has 3 aromatic rings. The lowest BCUT2D eigenvalue weighted by Gasteiger charge is -2.06. The number of nitrogens with zero attached hydrogens (tertiary/aromatic N) is 1. The van der Waals surface area contributed by atoms with Gasteiger partial charge in [-0.3, -0.25) is 4.79 Å². The zero-order valence-corrected chi connectivity index (χ0v) is 15.7. The third-order valence-corrected chi connectivity index (χ3v) is 4.58. The van der Waals surface area contributed by atoms with Gasteiger partial charge >= 0.3 is 5.97 Å². The van der Waals surface area contributed by atoms with E-state index in [1.807, 2.05) is 29.6 Å². The normalized spacial score (nSPS) is 10.3. The Bertz CT molecular complexity index is 968. The molecule has 0 aliphatic carbocycles. The molecule has 2 aromatic carbocycles. The molecule has 0 saturated carbocycles. The second kappa shape index (κ2) is 8.46. The maximum absolute atomic E-state index is 12.2. The summed E-state index contributed by atoms with van der Waals surface area (Å²) >= 11 is 1.47. The standard InChI is InChI=1S/C20H18N2O4S/c1-13(23)21-16-7-3-6-15(9-16)20(24)26-11-17-12-27-19(22-17)14-5-4-8-18(10-14)25-2/h3-10,12H,11H2,1-2H3,(H,21,23). The lowest BCUT2D eigenvalue weighted by atomic mass is 10.2. The first-order valence-corrected chi connectivity index (χ1v) is 9.07. The Morgan fingerprint density at radius 2 is 1.96 bits per heavy atom. The summed E-state index contributed by atoms with van der Waals surface area (Å²) < 4.78 is 10.6. The fourth-order valence-corrected chi connectivity index (χ4v) is 3.21. The molecular weight excluding hydrogens is 364 g/mol. The van der Waals surface area contributed by atoms with Crippen molar-refractivity contribution in [1.29, 1.82) is 0 Å². The lowest BCUT2D eigenvalue weighted by molar-refractivity contribution is -0.114. The second-order valence-corrected chi connectivity index (χ2v) is 6.57. The molecule has 7 heteroatoms. The molecule has 138 valence electrons. The van der Waals surface area contributed by atoms with E-state index in [1.165, 1.54) is 18.3 Å². The molecule has 3 rings (SSSR count). The predicted molar refractivity (Wildman–Crippen MR) is 104 cm³/mol. The average Bonchev–Trinajstić information content (AvgIpc) is 3.15. The largest absolute Gasteiger partial charge is 0.497 e. The van der Waals surface area contributed by atoms with Crippen molar-refractivity contribution in [3.05, 3.63) is 65.2 Å². The summed E-state index contributed by atoms with van der Waals surface area (Å²) in [5.41, 5.74) is 2.53. The van der Waals surface area contributed by atoms with Crippen molar-refractivity contribution in [1.82, 2.24) is 4.98 Å². The molecular formula is C20H18N2O4S. The smallest absolute Gasteiger partial charge is 0.338 e. The van der Waals surface area contributed by atoms with Crippen LogP contribution in [0.4, 0.5) is 5.69 Å². The molecule has 1 amide bonds. The number of carbonyl (C=O) groups is 2. The van der Waals surface area contributed by atoms with E-state index < -0.39 is 5.97 Å². The van der Waals surface area contributed by atoms with Crippen molar-refractivity contribution in [3.63, 3.8) is 0 Å². The van der Waals surface area contributed by atoms with Gasteiger partial charge in [-0.2, -0.15) is 0 Å². The number of nitrogens with one attached hydrogen (secondary N) is 1. The van der Waals surface area contributed by atoms with Gasteiger partial charge in [0.25, 0.3) is 0 Å². The number of methoxy groups -OCH3 is 1. The van der Waals surface area contributed by atoms with Crippen LogP contribution in [0.25, 0.3) is 10.6 Å².